The van der Waals surface area contributed by atoms with E-state index in [1.807, 2.05) is 12.1 Å². The predicted molar refractivity (Wildman–Crippen MR) is 221 cm³/mol. The minimum atomic E-state index is -1.29. The van der Waals surface area contributed by atoms with Gasteiger partial charge in [0.25, 0.3) is 14.6 Å². The molecule has 53 heavy (non-hydrogen) atoms. The molecular weight excluding hydrogens is 690 g/mol. The molecule has 0 atom stereocenters. The highest BCUT2D eigenvalue weighted by Gasteiger charge is 2.39. The lowest BCUT2D eigenvalue weighted by Crippen LogP contribution is -2.46. The molecule has 0 unspecified atom stereocenters. The van der Waals surface area contributed by atoms with E-state index in [0.29, 0.717) is 22.2 Å². The number of hydrogen-bond acceptors (Lipinski definition) is 4. The average molecular weight is 743 g/mol. The molecule has 0 spiro atoms. The Balaban J connectivity index is 0.867. The van der Waals surface area contributed by atoms with E-state index in [0.717, 1.165) is 42.6 Å². The van der Waals surface area contributed by atoms with Crippen molar-refractivity contribution in [2.45, 2.75) is 89.9 Å². The third kappa shape index (κ3) is 7.20. The first-order chi connectivity index (χ1) is 25.5. The lowest BCUT2D eigenvalue weighted by Gasteiger charge is -2.37. The summed E-state index contributed by atoms with van der Waals surface area (Å²) in [5.74, 6) is 2.75. The topological polar surface area (TPSA) is 47.4 Å². The molecule has 3 aliphatic rings. The molecule has 1 aromatic heterocycles. The molecule has 2 fully saturated rings. The van der Waals surface area contributed by atoms with Crippen LogP contribution in [0.2, 0.25) is 5.02 Å². The maximum atomic E-state index is 13.1. The zero-order valence-electron chi connectivity index (χ0n) is 32.0. The van der Waals surface area contributed by atoms with Crippen LogP contribution >= 0.6 is 11.6 Å². The summed E-state index contributed by atoms with van der Waals surface area (Å²) in [4.78, 5) is 20.4. The number of fused-ring (bicyclic) bond motifs is 5. The summed E-state index contributed by atoms with van der Waals surface area (Å²) in [6, 6.07) is 32.8. The van der Waals surface area contributed by atoms with Gasteiger partial charge in [0.2, 0.25) is 0 Å². The summed E-state index contributed by atoms with van der Waals surface area (Å²) in [6.45, 7) is 15.5. The van der Waals surface area contributed by atoms with Crippen LogP contribution in [0.4, 0.5) is 0 Å². The van der Waals surface area contributed by atoms with Crippen molar-refractivity contribution >= 4 is 41.9 Å². The van der Waals surface area contributed by atoms with Gasteiger partial charge in [-0.15, -0.1) is 0 Å². The van der Waals surface area contributed by atoms with Crippen LogP contribution in [0, 0.1) is 11.8 Å². The quantitative estimate of drug-likeness (QED) is 0.149. The first-order valence-electron chi connectivity index (χ1n) is 19.7. The van der Waals surface area contributed by atoms with E-state index >= 15 is 0 Å². The molecule has 5 nitrogen and oxygen atoms in total. The summed E-state index contributed by atoms with van der Waals surface area (Å²) in [6.07, 6.45) is 7.48. The first kappa shape index (κ1) is 36.4. The molecule has 3 heterocycles. The van der Waals surface area contributed by atoms with Gasteiger partial charge >= 0.3 is 0 Å². The van der Waals surface area contributed by atoms with Crippen LogP contribution in [0.15, 0.2) is 95.8 Å². The SMILES string of the molecule is CC(C)(C)c1ccc([Si](OCC2CCC(CN3CCC(c4ccc5c(c4)-n4c(nc(=O)c6c(Cl)cccc64)C5(C)C)CC3)CC2)c2ccccc2)cc1. The fourth-order valence-corrected chi connectivity index (χ4v) is 11.5. The number of piperidine rings is 1. The third-order valence-corrected chi connectivity index (χ3v) is 14.9. The second-order valence-electron chi connectivity index (χ2n) is 17.4. The second kappa shape index (κ2) is 14.6. The number of rotatable bonds is 8. The number of benzene rings is 4. The highest BCUT2D eigenvalue weighted by molar-refractivity contribution is 6.80. The van der Waals surface area contributed by atoms with Gasteiger partial charge in [-0.2, -0.15) is 4.98 Å². The molecule has 1 saturated carbocycles. The smallest absolute Gasteiger partial charge is 0.282 e. The Morgan fingerprint density at radius 1 is 0.830 bits per heavy atom. The van der Waals surface area contributed by atoms with Crippen molar-refractivity contribution in [3.8, 4) is 5.69 Å². The molecule has 1 aliphatic carbocycles. The Morgan fingerprint density at radius 3 is 2.21 bits per heavy atom. The molecule has 0 N–H and O–H groups in total. The number of aromatic nitrogens is 2. The monoisotopic (exact) mass is 742 g/mol. The third-order valence-electron chi connectivity index (χ3n) is 12.4. The van der Waals surface area contributed by atoms with Crippen LogP contribution in [-0.4, -0.2) is 49.7 Å². The Hall–Kier alpha value is -3.55. The van der Waals surface area contributed by atoms with Crippen molar-refractivity contribution in [2.24, 2.45) is 11.8 Å². The molecule has 2 aliphatic heterocycles. The summed E-state index contributed by atoms with van der Waals surface area (Å²) >= 11 is 6.53. The van der Waals surface area contributed by atoms with E-state index in [4.69, 9.17) is 16.0 Å². The molecule has 1 radical (unpaired) electrons. The number of likely N-dealkylation sites (tertiary alicyclic amines) is 1. The van der Waals surface area contributed by atoms with Gasteiger partial charge in [0.15, 0.2) is 0 Å². The normalized spacial score (nSPS) is 20.5. The molecule has 5 aromatic rings. The van der Waals surface area contributed by atoms with Crippen LogP contribution in [0.1, 0.15) is 102 Å². The van der Waals surface area contributed by atoms with Crippen LogP contribution in [0.25, 0.3) is 16.6 Å². The van der Waals surface area contributed by atoms with Crippen LogP contribution in [0.3, 0.4) is 0 Å². The minimum absolute atomic E-state index is 0.148. The zero-order chi connectivity index (χ0) is 36.9. The van der Waals surface area contributed by atoms with Gasteiger partial charge in [0, 0.05) is 13.2 Å². The van der Waals surface area contributed by atoms with Crippen LogP contribution in [0.5, 0.6) is 0 Å². The van der Waals surface area contributed by atoms with Gasteiger partial charge in [-0.05, 0) is 134 Å². The van der Waals surface area contributed by atoms with Crippen molar-refractivity contribution in [1.29, 1.82) is 0 Å². The molecular formula is C46H53ClN3O2Si. The van der Waals surface area contributed by atoms with Crippen molar-refractivity contribution in [3.63, 3.8) is 0 Å². The molecule has 7 heteroatoms. The van der Waals surface area contributed by atoms with E-state index < -0.39 is 9.04 Å². The van der Waals surface area contributed by atoms with Crippen molar-refractivity contribution < 1.29 is 4.43 Å². The highest BCUT2D eigenvalue weighted by atomic mass is 35.5. The Labute approximate surface area is 322 Å². The standard InChI is InChI=1S/C46H53ClN3O2Si/c1-45(2,3)35-19-21-37(22-20-35)53(36-10-7-6-8-11-36)52-30-32-16-14-31(15-17-32)29-49-26-24-33(25-27-49)34-18-23-38-41(28-34)50-40-13-9-12-39(47)42(40)43(51)48-44(50)46(38,4)5/h6-13,18-23,28,31-33H,14-17,24-27,29-30H2,1-5H3. The van der Waals surface area contributed by atoms with Crippen LogP contribution < -0.4 is 15.9 Å². The summed E-state index contributed by atoms with van der Waals surface area (Å²) in [5.41, 5.74) is 5.50. The van der Waals surface area contributed by atoms with Gasteiger partial charge in [-0.3, -0.25) is 9.36 Å². The van der Waals surface area contributed by atoms with Crippen LogP contribution in [-0.2, 0) is 15.3 Å². The summed E-state index contributed by atoms with van der Waals surface area (Å²) in [5, 5.41) is 3.63. The van der Waals surface area contributed by atoms with E-state index in [1.165, 1.54) is 72.1 Å². The van der Waals surface area contributed by atoms with Crippen molar-refractivity contribution in [1.82, 2.24) is 14.5 Å². The average Bonchev–Trinajstić information content (AvgIpc) is 3.38. The predicted octanol–water partition coefficient (Wildman–Crippen LogP) is 8.78. The maximum absolute atomic E-state index is 13.1. The van der Waals surface area contributed by atoms with Gasteiger partial charge < -0.3 is 9.33 Å². The number of hydrogen-bond donors (Lipinski definition) is 0. The van der Waals surface area contributed by atoms with Gasteiger partial charge in [-0.1, -0.05) is 105 Å². The first-order valence-corrected chi connectivity index (χ1v) is 21.5. The molecule has 275 valence electrons. The van der Waals surface area contributed by atoms with Crippen molar-refractivity contribution in [3.05, 3.63) is 129 Å². The maximum Gasteiger partial charge on any atom is 0.282 e. The summed E-state index contributed by atoms with van der Waals surface area (Å²) in [7, 11) is -1.29. The van der Waals surface area contributed by atoms with E-state index in [-0.39, 0.29) is 16.4 Å². The molecule has 0 amide bonds. The van der Waals surface area contributed by atoms with Gasteiger partial charge in [0.05, 0.1) is 27.0 Å². The molecule has 0 bridgehead atoms. The number of nitrogens with zero attached hydrogens (tertiary/aromatic N) is 3. The fourth-order valence-electron chi connectivity index (χ4n) is 9.17. The lowest BCUT2D eigenvalue weighted by atomic mass is 9.81. The Morgan fingerprint density at radius 2 is 1.51 bits per heavy atom. The lowest BCUT2D eigenvalue weighted by molar-refractivity contribution is 0.134. The van der Waals surface area contributed by atoms with E-state index in [9.17, 15) is 4.79 Å². The van der Waals surface area contributed by atoms with Gasteiger partial charge in [0.1, 0.15) is 5.82 Å². The fraction of sp³-hybridized carbons (Fsp3) is 0.435. The Bertz CT molecular complexity index is 2140. The molecule has 1 saturated heterocycles. The largest absolute Gasteiger partial charge is 0.407 e. The summed E-state index contributed by atoms with van der Waals surface area (Å²) < 4.78 is 9.06. The second-order valence-corrected chi connectivity index (χ2v) is 19.9. The molecule has 4 aromatic carbocycles. The van der Waals surface area contributed by atoms with E-state index in [1.54, 1.807) is 6.07 Å². The minimum Gasteiger partial charge on any atom is -0.407 e. The Kier molecular flexibility index (Phi) is 10.0. The molecule has 8 rings (SSSR count). The number of halogens is 1. The highest BCUT2D eigenvalue weighted by Crippen LogP contribution is 2.45. The zero-order valence-corrected chi connectivity index (χ0v) is 33.8. The van der Waals surface area contributed by atoms with Crippen molar-refractivity contribution in [2.75, 3.05) is 26.2 Å². The van der Waals surface area contributed by atoms with Gasteiger partial charge in [-0.25, -0.2) is 0 Å². The van der Waals surface area contributed by atoms with E-state index in [2.05, 4.69) is 122 Å².